The molecule has 2 N–H and O–H groups in total. The van der Waals surface area contributed by atoms with Gasteiger partial charge in [0.25, 0.3) is 0 Å². The van der Waals surface area contributed by atoms with Crippen molar-refractivity contribution in [1.29, 1.82) is 0 Å². The highest BCUT2D eigenvalue weighted by Gasteiger charge is 2.23. The van der Waals surface area contributed by atoms with Gasteiger partial charge in [0, 0.05) is 12.4 Å². The van der Waals surface area contributed by atoms with Crippen LogP contribution in [0.15, 0.2) is 30.6 Å². The minimum atomic E-state index is -0.559. The fraction of sp³-hybridized carbons (Fsp3) is 0.429. The molecule has 0 aromatic carbocycles. The second kappa shape index (κ2) is 5.40. The molecule has 0 aliphatic heterocycles. The Morgan fingerprint density at radius 3 is 2.95 bits per heavy atom. The zero-order chi connectivity index (χ0) is 13.9. The maximum absolute atomic E-state index is 12.0. The second-order valence-corrected chi connectivity index (χ2v) is 5.00. The number of fused-ring (bicyclic) bond motifs is 1. The molecule has 0 radical (unpaired) electrons. The summed E-state index contributed by atoms with van der Waals surface area (Å²) in [6.45, 7) is 3.69. The average molecular weight is 261 g/mol. The number of carbonyl (C=O) groups is 1. The van der Waals surface area contributed by atoms with Gasteiger partial charge in [-0.25, -0.2) is 4.98 Å². The lowest BCUT2D eigenvalue weighted by atomic mass is 10.00. The maximum atomic E-state index is 12.0. The highest BCUT2D eigenvalue weighted by atomic mass is 16.3. The summed E-state index contributed by atoms with van der Waals surface area (Å²) in [6.07, 6.45) is 4.64. The van der Waals surface area contributed by atoms with Gasteiger partial charge >= 0.3 is 0 Å². The molecule has 2 aromatic heterocycles. The van der Waals surface area contributed by atoms with E-state index in [9.17, 15) is 9.90 Å². The lowest BCUT2D eigenvalue weighted by Gasteiger charge is -2.26. The van der Waals surface area contributed by atoms with Crippen LogP contribution in [-0.2, 0) is 11.2 Å². The Morgan fingerprint density at radius 2 is 2.32 bits per heavy atom. The molecule has 0 saturated carbocycles. The first kappa shape index (κ1) is 13.5. The highest BCUT2D eigenvalue weighted by Crippen LogP contribution is 2.09. The monoisotopic (exact) mass is 261 g/mol. The largest absolute Gasteiger partial charge is 0.394 e. The van der Waals surface area contributed by atoms with E-state index < -0.39 is 5.54 Å². The van der Waals surface area contributed by atoms with E-state index in [0.29, 0.717) is 6.42 Å². The lowest BCUT2D eigenvalue weighted by Crippen LogP contribution is -2.48. The van der Waals surface area contributed by atoms with Gasteiger partial charge in [-0.05, 0) is 25.5 Å². The van der Waals surface area contributed by atoms with Gasteiger partial charge in [-0.3, -0.25) is 4.79 Å². The number of nitrogens with zero attached hydrogens (tertiary/aromatic N) is 2. The quantitative estimate of drug-likeness (QED) is 0.848. The Labute approximate surface area is 112 Å². The van der Waals surface area contributed by atoms with Crippen LogP contribution in [0.25, 0.3) is 5.65 Å². The molecule has 5 heteroatoms. The normalized spacial score (nSPS) is 14.3. The van der Waals surface area contributed by atoms with E-state index in [1.54, 1.807) is 0 Å². The van der Waals surface area contributed by atoms with E-state index in [1.807, 2.05) is 48.8 Å². The van der Waals surface area contributed by atoms with Crippen LogP contribution in [0.4, 0.5) is 0 Å². The van der Waals surface area contributed by atoms with Crippen molar-refractivity contribution < 1.29 is 9.90 Å². The van der Waals surface area contributed by atoms with Crippen molar-refractivity contribution in [3.63, 3.8) is 0 Å². The SMILES string of the molecule is CCC(C)(CO)NC(=O)Cc1cn2ccccc2n1. The van der Waals surface area contributed by atoms with Gasteiger partial charge in [-0.15, -0.1) is 0 Å². The second-order valence-electron chi connectivity index (χ2n) is 5.00. The molecule has 1 atom stereocenters. The minimum Gasteiger partial charge on any atom is -0.394 e. The van der Waals surface area contributed by atoms with Crippen LogP contribution in [0, 0.1) is 0 Å². The molecule has 0 bridgehead atoms. The van der Waals surface area contributed by atoms with Crippen molar-refractivity contribution in [2.75, 3.05) is 6.61 Å². The summed E-state index contributed by atoms with van der Waals surface area (Å²) >= 11 is 0. The average Bonchev–Trinajstić information content (AvgIpc) is 2.80. The van der Waals surface area contributed by atoms with Gasteiger partial charge < -0.3 is 14.8 Å². The molecule has 0 aliphatic carbocycles. The number of aliphatic hydroxyl groups excluding tert-OH is 1. The summed E-state index contributed by atoms with van der Waals surface area (Å²) < 4.78 is 1.88. The maximum Gasteiger partial charge on any atom is 0.226 e. The van der Waals surface area contributed by atoms with E-state index in [1.165, 1.54) is 0 Å². The van der Waals surface area contributed by atoms with Crippen LogP contribution in [0.3, 0.4) is 0 Å². The Kier molecular flexibility index (Phi) is 3.85. The summed E-state index contributed by atoms with van der Waals surface area (Å²) in [5.41, 5.74) is 0.988. The first-order chi connectivity index (χ1) is 9.06. The molecule has 2 heterocycles. The Bertz CT molecular complexity index is 540. The fourth-order valence-corrected chi connectivity index (χ4v) is 1.86. The topological polar surface area (TPSA) is 66.6 Å². The Hall–Kier alpha value is -1.88. The van der Waals surface area contributed by atoms with Crippen LogP contribution >= 0.6 is 0 Å². The number of amides is 1. The van der Waals surface area contributed by atoms with Crippen molar-refractivity contribution in [2.45, 2.75) is 32.2 Å². The molecule has 2 rings (SSSR count). The highest BCUT2D eigenvalue weighted by molar-refractivity contribution is 5.79. The van der Waals surface area contributed by atoms with E-state index in [4.69, 9.17) is 0 Å². The lowest BCUT2D eigenvalue weighted by molar-refractivity contribution is -0.122. The number of carbonyl (C=O) groups excluding carboxylic acids is 1. The van der Waals surface area contributed by atoms with Gasteiger partial charge in [0.1, 0.15) is 5.65 Å². The van der Waals surface area contributed by atoms with Crippen LogP contribution in [0.5, 0.6) is 0 Å². The molecule has 0 saturated heterocycles. The van der Waals surface area contributed by atoms with Gasteiger partial charge in [0.15, 0.2) is 0 Å². The predicted molar refractivity (Wildman–Crippen MR) is 72.8 cm³/mol. The van der Waals surface area contributed by atoms with Gasteiger partial charge in [0.05, 0.1) is 24.3 Å². The Morgan fingerprint density at radius 1 is 1.53 bits per heavy atom. The Balaban J connectivity index is 2.06. The van der Waals surface area contributed by atoms with Crippen molar-refractivity contribution in [1.82, 2.24) is 14.7 Å². The number of pyridine rings is 1. The number of imidazole rings is 1. The number of aliphatic hydroxyl groups is 1. The number of hydrogen-bond acceptors (Lipinski definition) is 3. The van der Waals surface area contributed by atoms with E-state index in [2.05, 4.69) is 10.3 Å². The zero-order valence-electron chi connectivity index (χ0n) is 11.3. The molecule has 0 aliphatic rings. The molecule has 102 valence electrons. The molecular formula is C14H19N3O2. The number of aromatic nitrogens is 2. The first-order valence-corrected chi connectivity index (χ1v) is 6.41. The zero-order valence-corrected chi connectivity index (χ0v) is 11.3. The molecule has 1 amide bonds. The van der Waals surface area contributed by atoms with E-state index in [0.717, 1.165) is 11.3 Å². The molecule has 5 nitrogen and oxygen atoms in total. The molecule has 0 spiro atoms. The minimum absolute atomic E-state index is 0.0690. The molecule has 19 heavy (non-hydrogen) atoms. The van der Waals surface area contributed by atoms with Crippen molar-refractivity contribution in [3.05, 3.63) is 36.3 Å². The number of hydrogen-bond donors (Lipinski definition) is 2. The summed E-state index contributed by atoms with van der Waals surface area (Å²) in [4.78, 5) is 16.3. The summed E-state index contributed by atoms with van der Waals surface area (Å²) in [5, 5.41) is 12.1. The molecule has 2 aromatic rings. The van der Waals surface area contributed by atoms with Crippen molar-refractivity contribution in [2.24, 2.45) is 0 Å². The third kappa shape index (κ3) is 3.12. The third-order valence-electron chi connectivity index (χ3n) is 3.33. The van der Waals surface area contributed by atoms with Crippen LogP contribution < -0.4 is 5.32 Å². The first-order valence-electron chi connectivity index (χ1n) is 6.41. The summed E-state index contributed by atoms with van der Waals surface area (Å²) in [7, 11) is 0. The predicted octanol–water partition coefficient (Wildman–Crippen LogP) is 1.15. The van der Waals surface area contributed by atoms with Crippen molar-refractivity contribution in [3.8, 4) is 0 Å². The standard InChI is InChI=1S/C14H19N3O2/c1-3-14(2,10-18)16-13(19)8-11-9-17-7-5-4-6-12(17)15-11/h4-7,9,18H,3,8,10H2,1-2H3,(H,16,19). The molecule has 1 unspecified atom stereocenters. The van der Waals surface area contributed by atoms with Crippen LogP contribution in [0.2, 0.25) is 0 Å². The molecular weight excluding hydrogens is 242 g/mol. The van der Waals surface area contributed by atoms with Crippen molar-refractivity contribution >= 4 is 11.6 Å². The van der Waals surface area contributed by atoms with Gasteiger partial charge in [-0.1, -0.05) is 13.0 Å². The van der Waals surface area contributed by atoms with E-state index >= 15 is 0 Å². The number of nitrogens with one attached hydrogen (secondary N) is 1. The summed E-state index contributed by atoms with van der Waals surface area (Å²) in [6, 6.07) is 5.72. The van der Waals surface area contributed by atoms with E-state index in [-0.39, 0.29) is 18.9 Å². The number of rotatable bonds is 5. The third-order valence-corrected chi connectivity index (χ3v) is 3.33. The fourth-order valence-electron chi connectivity index (χ4n) is 1.86. The summed E-state index contributed by atoms with van der Waals surface area (Å²) in [5.74, 6) is -0.123. The smallest absolute Gasteiger partial charge is 0.226 e. The van der Waals surface area contributed by atoms with Crippen LogP contribution in [0.1, 0.15) is 26.0 Å². The van der Waals surface area contributed by atoms with Gasteiger partial charge in [0.2, 0.25) is 5.91 Å². The van der Waals surface area contributed by atoms with Gasteiger partial charge in [-0.2, -0.15) is 0 Å². The van der Waals surface area contributed by atoms with Crippen LogP contribution in [-0.4, -0.2) is 32.5 Å². The molecule has 0 fully saturated rings.